The molecule has 5 rings (SSSR count). The van der Waals surface area contributed by atoms with Gasteiger partial charge in [0, 0.05) is 28.6 Å². The summed E-state index contributed by atoms with van der Waals surface area (Å²) in [4.78, 5) is 4.61. The van der Waals surface area contributed by atoms with Crippen LogP contribution in [0.2, 0.25) is 0 Å². The van der Waals surface area contributed by atoms with Crippen molar-refractivity contribution in [3.05, 3.63) is 89.3 Å². The third-order valence-electron chi connectivity index (χ3n) is 6.02. The minimum absolute atomic E-state index is 0.0666. The van der Waals surface area contributed by atoms with Crippen molar-refractivity contribution in [2.24, 2.45) is 0 Å². The van der Waals surface area contributed by atoms with Gasteiger partial charge in [-0.3, -0.25) is 4.55 Å². The second-order valence-electron chi connectivity index (χ2n) is 8.55. The molecule has 0 bridgehead atoms. The molecular weight excluding hydrogens is 478 g/mol. The maximum Gasteiger partial charge on any atom is 0.294 e. The summed E-state index contributed by atoms with van der Waals surface area (Å²) < 4.78 is 41.0. The number of ether oxygens (including phenoxy) is 1. The van der Waals surface area contributed by atoms with Crippen LogP contribution in [-0.2, 0) is 16.7 Å². The molecule has 8 nitrogen and oxygen atoms in total. The highest BCUT2D eigenvalue weighted by Crippen LogP contribution is 2.27. The molecule has 3 heterocycles. The van der Waals surface area contributed by atoms with Crippen LogP contribution in [0.25, 0.3) is 11.0 Å². The van der Waals surface area contributed by atoms with Crippen LogP contribution in [0.3, 0.4) is 0 Å². The first-order valence-electron chi connectivity index (χ1n) is 11.6. The Hall–Kier alpha value is -3.71. The zero-order valence-corrected chi connectivity index (χ0v) is 20.7. The molecule has 0 radical (unpaired) electrons. The Morgan fingerprint density at radius 1 is 1.11 bits per heavy atom. The highest BCUT2D eigenvalue weighted by molar-refractivity contribution is 7.85. The lowest BCUT2D eigenvalue weighted by Gasteiger charge is -2.22. The van der Waals surface area contributed by atoms with Gasteiger partial charge in [-0.15, -0.1) is 0 Å². The van der Waals surface area contributed by atoms with Gasteiger partial charge in [0.05, 0.1) is 22.8 Å². The Morgan fingerprint density at radius 3 is 2.56 bits per heavy atom. The third-order valence-corrected chi connectivity index (χ3v) is 6.88. The summed E-state index contributed by atoms with van der Waals surface area (Å²) in [5.41, 5.74) is 4.28. The van der Waals surface area contributed by atoms with Gasteiger partial charge < -0.3 is 14.5 Å². The van der Waals surface area contributed by atoms with E-state index in [-0.39, 0.29) is 4.90 Å². The van der Waals surface area contributed by atoms with Gasteiger partial charge in [0.2, 0.25) is 5.88 Å². The molecule has 1 saturated heterocycles. The Labute approximate surface area is 210 Å². The number of nitrogens with zero attached hydrogens (tertiary/aromatic N) is 2. The van der Waals surface area contributed by atoms with Crippen molar-refractivity contribution in [1.82, 2.24) is 10.3 Å². The zero-order valence-electron chi connectivity index (χ0n) is 19.8. The van der Waals surface area contributed by atoms with Crippen molar-refractivity contribution < 1.29 is 22.1 Å². The van der Waals surface area contributed by atoms with E-state index in [1.165, 1.54) is 12.1 Å². The number of hydrogen-bond donors (Lipinski definition) is 2. The number of furan rings is 1. The molecule has 2 aromatic carbocycles. The highest BCUT2D eigenvalue weighted by Gasteiger charge is 2.17. The molecule has 2 N–H and O–H groups in total. The SMILES string of the molecule is Cc1ccc(S(=O)(=O)O)cc1.N#Cc1ccc(COc2cccc(C3CCNCC3)n2)c2occc12. The van der Waals surface area contributed by atoms with E-state index in [4.69, 9.17) is 19.0 Å². The zero-order chi connectivity index (χ0) is 25.5. The van der Waals surface area contributed by atoms with Crippen LogP contribution in [-0.4, -0.2) is 31.0 Å². The van der Waals surface area contributed by atoms with Gasteiger partial charge in [-0.1, -0.05) is 29.8 Å². The molecule has 0 spiro atoms. The molecule has 0 aliphatic carbocycles. The standard InChI is InChI=1S/C20H19N3O2.C7H8O3S/c21-12-15-4-5-16(20-17(15)8-11-24-20)13-25-19-3-1-2-18(23-19)14-6-9-22-10-7-14;1-6-2-4-7(5-3-6)11(8,9)10/h1-5,8,11,14,22H,6-7,9-10,13H2;2-5H,1H3,(H,8,9,10). The smallest absolute Gasteiger partial charge is 0.294 e. The van der Waals surface area contributed by atoms with Crippen LogP contribution < -0.4 is 10.1 Å². The van der Waals surface area contributed by atoms with E-state index in [1.807, 2.05) is 31.2 Å². The van der Waals surface area contributed by atoms with E-state index in [2.05, 4.69) is 22.4 Å². The number of aryl methyl sites for hydroxylation is 1. The first-order valence-corrected chi connectivity index (χ1v) is 13.0. The quantitative estimate of drug-likeness (QED) is 0.364. The molecule has 0 unspecified atom stereocenters. The van der Waals surface area contributed by atoms with Crippen molar-refractivity contribution >= 4 is 21.1 Å². The fraction of sp³-hybridized carbons (Fsp3) is 0.259. The van der Waals surface area contributed by atoms with Gasteiger partial charge in [0.15, 0.2) is 0 Å². The first kappa shape index (κ1) is 25.4. The maximum atomic E-state index is 10.5. The van der Waals surface area contributed by atoms with Crippen LogP contribution in [0.1, 0.15) is 41.1 Å². The number of rotatable bonds is 5. The van der Waals surface area contributed by atoms with Crippen LogP contribution in [0.4, 0.5) is 0 Å². The van der Waals surface area contributed by atoms with E-state index in [9.17, 15) is 8.42 Å². The predicted molar refractivity (Wildman–Crippen MR) is 135 cm³/mol. The summed E-state index contributed by atoms with van der Waals surface area (Å²) in [6.07, 6.45) is 3.82. The predicted octanol–water partition coefficient (Wildman–Crippen LogP) is 4.99. The fourth-order valence-electron chi connectivity index (χ4n) is 4.05. The van der Waals surface area contributed by atoms with E-state index >= 15 is 0 Å². The minimum Gasteiger partial charge on any atom is -0.473 e. The molecule has 1 aliphatic heterocycles. The van der Waals surface area contributed by atoms with Gasteiger partial charge in [0.1, 0.15) is 12.2 Å². The Balaban J connectivity index is 0.000000233. The fourth-order valence-corrected chi connectivity index (χ4v) is 4.53. The van der Waals surface area contributed by atoms with Crippen LogP contribution in [0.5, 0.6) is 5.88 Å². The summed E-state index contributed by atoms with van der Waals surface area (Å²) >= 11 is 0. The molecule has 4 aromatic rings. The summed E-state index contributed by atoms with van der Waals surface area (Å²) in [6, 6.07) is 19.6. The van der Waals surface area contributed by atoms with E-state index < -0.39 is 10.1 Å². The molecule has 1 aliphatic rings. The maximum absolute atomic E-state index is 10.5. The third kappa shape index (κ3) is 6.29. The normalized spacial score (nSPS) is 14.0. The van der Waals surface area contributed by atoms with Crippen LogP contribution in [0.15, 0.2) is 76.2 Å². The Kier molecular flexibility index (Phi) is 8.00. The summed E-state index contributed by atoms with van der Waals surface area (Å²) in [6.45, 7) is 4.28. The molecule has 1 fully saturated rings. The van der Waals surface area contributed by atoms with Crippen molar-refractivity contribution in [1.29, 1.82) is 5.26 Å². The molecule has 0 atom stereocenters. The minimum atomic E-state index is -4.02. The second-order valence-corrected chi connectivity index (χ2v) is 9.97. The van der Waals surface area contributed by atoms with Crippen LogP contribution >= 0.6 is 0 Å². The number of fused-ring (bicyclic) bond motifs is 1. The molecule has 9 heteroatoms. The average molecular weight is 506 g/mol. The number of nitriles is 1. The van der Waals surface area contributed by atoms with Gasteiger partial charge in [0.25, 0.3) is 10.1 Å². The number of aromatic nitrogens is 1. The highest BCUT2D eigenvalue weighted by atomic mass is 32.2. The molecule has 186 valence electrons. The molecular formula is C27H27N3O5S. The van der Waals surface area contributed by atoms with Crippen molar-refractivity contribution in [2.75, 3.05) is 13.1 Å². The number of pyridine rings is 1. The van der Waals surface area contributed by atoms with Gasteiger partial charge in [-0.25, -0.2) is 4.98 Å². The van der Waals surface area contributed by atoms with E-state index in [0.717, 1.165) is 48.1 Å². The Bertz CT molecular complexity index is 1470. The average Bonchev–Trinajstić information content (AvgIpc) is 3.39. The van der Waals surface area contributed by atoms with Crippen molar-refractivity contribution in [3.63, 3.8) is 0 Å². The summed E-state index contributed by atoms with van der Waals surface area (Å²) in [5.74, 6) is 1.12. The van der Waals surface area contributed by atoms with Crippen LogP contribution in [0, 0.1) is 18.3 Å². The van der Waals surface area contributed by atoms with E-state index in [1.54, 1.807) is 24.5 Å². The van der Waals surface area contributed by atoms with Gasteiger partial charge >= 0.3 is 0 Å². The lowest BCUT2D eigenvalue weighted by Crippen LogP contribution is -2.27. The molecule has 2 aromatic heterocycles. The summed E-state index contributed by atoms with van der Waals surface area (Å²) in [5, 5.41) is 13.4. The first-order chi connectivity index (χ1) is 17.3. The second kappa shape index (κ2) is 11.4. The van der Waals surface area contributed by atoms with Gasteiger partial charge in [-0.2, -0.15) is 13.7 Å². The molecule has 0 saturated carbocycles. The number of nitrogens with one attached hydrogen (secondary N) is 1. The van der Waals surface area contributed by atoms with Crippen molar-refractivity contribution in [2.45, 2.75) is 37.2 Å². The molecule has 0 amide bonds. The largest absolute Gasteiger partial charge is 0.473 e. The topological polar surface area (TPSA) is 125 Å². The lowest BCUT2D eigenvalue weighted by molar-refractivity contribution is 0.291. The number of hydrogen-bond acceptors (Lipinski definition) is 7. The lowest BCUT2D eigenvalue weighted by atomic mass is 9.94. The van der Waals surface area contributed by atoms with Crippen molar-refractivity contribution in [3.8, 4) is 11.9 Å². The Morgan fingerprint density at radius 2 is 1.86 bits per heavy atom. The number of piperidine rings is 1. The molecule has 36 heavy (non-hydrogen) atoms. The monoisotopic (exact) mass is 505 g/mol. The summed E-state index contributed by atoms with van der Waals surface area (Å²) in [7, 11) is -4.02. The number of benzene rings is 2. The van der Waals surface area contributed by atoms with Gasteiger partial charge in [-0.05, 0) is 63.2 Å². The van der Waals surface area contributed by atoms with E-state index in [0.29, 0.717) is 29.6 Å².